The topological polar surface area (TPSA) is 30.0 Å². The first-order chi connectivity index (χ1) is 6.86. The first-order valence-electron chi connectivity index (χ1n) is 4.46. The van der Waals surface area contributed by atoms with Gasteiger partial charge in [0, 0.05) is 17.0 Å². The average molecular weight is 181 g/mol. The lowest BCUT2D eigenvalue weighted by Gasteiger charge is -2.03. The fourth-order valence-electron chi connectivity index (χ4n) is 1.85. The van der Waals surface area contributed by atoms with Crippen molar-refractivity contribution < 1.29 is 4.79 Å². The van der Waals surface area contributed by atoms with E-state index in [4.69, 9.17) is 0 Å². The third kappa shape index (κ3) is 0.852. The Kier molecular flexibility index (Phi) is 1.34. The van der Waals surface area contributed by atoms with Gasteiger partial charge in [0.1, 0.15) is 0 Å². The molecule has 0 aromatic carbocycles. The largest absolute Gasteiger partial charge is 0.289 e. The maximum absolute atomic E-state index is 11.6. The van der Waals surface area contributed by atoms with Crippen molar-refractivity contribution in [2.24, 2.45) is 0 Å². The molecule has 0 aliphatic heterocycles. The van der Waals surface area contributed by atoms with Crippen molar-refractivity contribution in [3.05, 3.63) is 52.7 Å². The van der Waals surface area contributed by atoms with Gasteiger partial charge in [0.2, 0.25) is 0 Å². The van der Waals surface area contributed by atoms with Gasteiger partial charge >= 0.3 is 0 Å². The number of pyridine rings is 1. The molecule has 2 heteroatoms. The molecule has 3 rings (SSSR count). The van der Waals surface area contributed by atoms with Gasteiger partial charge in [-0.2, -0.15) is 0 Å². The van der Waals surface area contributed by atoms with Crippen LogP contribution in [-0.4, -0.2) is 10.8 Å². The zero-order valence-corrected chi connectivity index (χ0v) is 7.40. The number of fused-ring (bicyclic) bond motifs is 2. The first kappa shape index (κ1) is 7.44. The van der Waals surface area contributed by atoms with Gasteiger partial charge < -0.3 is 0 Å². The number of rotatable bonds is 0. The average Bonchev–Trinajstić information content (AvgIpc) is 2.57. The van der Waals surface area contributed by atoms with Crippen molar-refractivity contribution in [3.8, 4) is 0 Å². The molecule has 1 aromatic rings. The van der Waals surface area contributed by atoms with Crippen LogP contribution in [0.4, 0.5) is 0 Å². The molecule has 2 aliphatic rings. The Morgan fingerprint density at radius 1 is 1.29 bits per heavy atom. The Labute approximate surface area is 80.6 Å². The fraction of sp³-hybridized carbons (Fsp3) is 0. The van der Waals surface area contributed by atoms with Crippen LogP contribution in [0.5, 0.6) is 0 Å². The minimum atomic E-state index is 0.0745. The van der Waals surface area contributed by atoms with Crippen molar-refractivity contribution in [1.29, 1.82) is 0 Å². The molecule has 2 nitrogen and oxygen atoms in total. The van der Waals surface area contributed by atoms with E-state index in [9.17, 15) is 4.79 Å². The lowest BCUT2D eigenvalue weighted by molar-refractivity contribution is -0.109. The summed E-state index contributed by atoms with van der Waals surface area (Å²) in [7, 11) is 0. The summed E-state index contributed by atoms with van der Waals surface area (Å²) in [5, 5.41) is 1.85. The van der Waals surface area contributed by atoms with Crippen LogP contribution in [0, 0.1) is 0 Å². The Morgan fingerprint density at radius 3 is 3.14 bits per heavy atom. The van der Waals surface area contributed by atoms with Gasteiger partial charge in [0.05, 0.1) is 5.35 Å². The summed E-state index contributed by atoms with van der Waals surface area (Å²) in [6.45, 7) is 0. The zero-order valence-electron chi connectivity index (χ0n) is 7.40. The van der Waals surface area contributed by atoms with Gasteiger partial charge in [-0.25, -0.2) is 0 Å². The minimum absolute atomic E-state index is 0.0745. The van der Waals surface area contributed by atoms with E-state index in [0.29, 0.717) is 0 Å². The van der Waals surface area contributed by atoms with Crippen molar-refractivity contribution in [2.45, 2.75) is 0 Å². The van der Waals surface area contributed by atoms with Crippen LogP contribution in [0.3, 0.4) is 0 Å². The smallest absolute Gasteiger partial charge is 0.187 e. The predicted octanol–water partition coefficient (Wildman–Crippen LogP) is 0.0917. The highest BCUT2D eigenvalue weighted by atomic mass is 16.1. The number of hydrogen-bond donors (Lipinski definition) is 0. The number of nitrogens with zero attached hydrogens (tertiary/aromatic N) is 1. The SMILES string of the molecule is O=C1C=CC=C2C=c3ncccc3=C12. The molecular formula is C12H7NO. The van der Waals surface area contributed by atoms with Crippen molar-refractivity contribution in [3.63, 3.8) is 0 Å². The second-order valence-corrected chi connectivity index (χ2v) is 3.30. The molecule has 0 bridgehead atoms. The van der Waals surface area contributed by atoms with Crippen molar-refractivity contribution in [1.82, 2.24) is 4.98 Å². The second kappa shape index (κ2) is 2.51. The van der Waals surface area contributed by atoms with Gasteiger partial charge in [0.15, 0.2) is 5.78 Å². The Bertz CT molecular complexity index is 605. The maximum atomic E-state index is 11.6. The number of carbonyl (C=O) groups is 1. The second-order valence-electron chi connectivity index (χ2n) is 3.30. The van der Waals surface area contributed by atoms with E-state index in [1.54, 1.807) is 18.3 Å². The molecule has 1 heterocycles. The highest BCUT2D eigenvalue weighted by Crippen LogP contribution is 2.19. The summed E-state index contributed by atoms with van der Waals surface area (Å²) >= 11 is 0. The van der Waals surface area contributed by atoms with E-state index in [1.807, 2.05) is 24.3 Å². The van der Waals surface area contributed by atoms with Crippen LogP contribution in [0.25, 0.3) is 11.6 Å². The van der Waals surface area contributed by atoms with Crippen molar-refractivity contribution >= 4 is 17.4 Å². The summed E-state index contributed by atoms with van der Waals surface area (Å²) in [5.74, 6) is 0.0745. The maximum Gasteiger partial charge on any atom is 0.187 e. The first-order valence-corrected chi connectivity index (χ1v) is 4.46. The van der Waals surface area contributed by atoms with E-state index in [-0.39, 0.29) is 5.78 Å². The molecule has 0 saturated heterocycles. The summed E-state index contributed by atoms with van der Waals surface area (Å²) in [4.78, 5) is 15.8. The van der Waals surface area contributed by atoms with Crippen LogP contribution in [-0.2, 0) is 4.79 Å². The normalized spacial score (nSPS) is 17.3. The molecule has 0 saturated carbocycles. The highest BCUT2D eigenvalue weighted by molar-refractivity contribution is 6.29. The monoisotopic (exact) mass is 181 g/mol. The molecule has 0 spiro atoms. The summed E-state index contributed by atoms with van der Waals surface area (Å²) in [5.41, 5.74) is 1.77. The van der Waals surface area contributed by atoms with E-state index < -0.39 is 0 Å². The van der Waals surface area contributed by atoms with E-state index >= 15 is 0 Å². The lowest BCUT2D eigenvalue weighted by atomic mass is 9.99. The standard InChI is InChI=1S/C12H7NO/c14-11-5-1-3-8-7-10-9(12(8)11)4-2-6-13-10/h1-7H. The van der Waals surface area contributed by atoms with Gasteiger partial charge in [-0.15, -0.1) is 0 Å². The van der Waals surface area contributed by atoms with Crippen LogP contribution in [0.15, 0.2) is 42.1 Å². The molecule has 14 heavy (non-hydrogen) atoms. The predicted molar refractivity (Wildman–Crippen MR) is 53.6 cm³/mol. The van der Waals surface area contributed by atoms with Gasteiger partial charge in [0.25, 0.3) is 0 Å². The number of ketones is 1. The van der Waals surface area contributed by atoms with Crippen LogP contribution in [0.2, 0.25) is 0 Å². The lowest BCUT2D eigenvalue weighted by Crippen LogP contribution is -2.27. The Hall–Kier alpha value is -1.96. The van der Waals surface area contributed by atoms with E-state index in [0.717, 1.165) is 21.7 Å². The van der Waals surface area contributed by atoms with Crippen LogP contribution < -0.4 is 10.6 Å². The molecule has 66 valence electrons. The molecule has 0 atom stereocenters. The number of carbonyl (C=O) groups excluding carboxylic acids is 1. The number of allylic oxidation sites excluding steroid dienone is 4. The third-order valence-corrected chi connectivity index (χ3v) is 2.46. The number of aromatic nitrogens is 1. The zero-order chi connectivity index (χ0) is 9.54. The van der Waals surface area contributed by atoms with Gasteiger partial charge in [-0.05, 0) is 23.8 Å². The molecule has 0 amide bonds. The molecule has 0 fully saturated rings. The summed E-state index contributed by atoms with van der Waals surface area (Å²) in [6.07, 6.45) is 9.01. The van der Waals surface area contributed by atoms with Gasteiger partial charge in [-0.1, -0.05) is 18.2 Å². The summed E-state index contributed by atoms with van der Waals surface area (Å²) in [6, 6.07) is 3.79. The summed E-state index contributed by atoms with van der Waals surface area (Å²) < 4.78 is 0. The molecule has 2 aliphatic carbocycles. The highest BCUT2D eigenvalue weighted by Gasteiger charge is 2.18. The number of hydrogen-bond acceptors (Lipinski definition) is 2. The Balaban J connectivity index is 2.51. The van der Waals surface area contributed by atoms with E-state index in [2.05, 4.69) is 4.98 Å². The Morgan fingerprint density at radius 2 is 2.21 bits per heavy atom. The fourth-order valence-corrected chi connectivity index (χ4v) is 1.85. The quantitative estimate of drug-likeness (QED) is 0.568. The molecule has 0 N–H and O–H groups in total. The third-order valence-electron chi connectivity index (χ3n) is 2.46. The van der Waals surface area contributed by atoms with Crippen LogP contribution in [0.1, 0.15) is 0 Å². The minimum Gasteiger partial charge on any atom is -0.289 e. The van der Waals surface area contributed by atoms with Gasteiger partial charge in [-0.3, -0.25) is 9.78 Å². The van der Waals surface area contributed by atoms with Crippen molar-refractivity contribution in [2.75, 3.05) is 0 Å². The molecule has 0 unspecified atom stereocenters. The van der Waals surface area contributed by atoms with E-state index in [1.165, 1.54) is 0 Å². The van der Waals surface area contributed by atoms with Crippen LogP contribution >= 0.6 is 0 Å². The molecular weight excluding hydrogens is 174 g/mol. The molecule has 0 radical (unpaired) electrons. The molecule has 1 aromatic heterocycles.